The zero-order chi connectivity index (χ0) is 15.6. The molecule has 4 nitrogen and oxygen atoms in total. The van der Waals surface area contributed by atoms with Gasteiger partial charge in [-0.2, -0.15) is 0 Å². The van der Waals surface area contributed by atoms with Crippen LogP contribution in [0.15, 0.2) is 24.3 Å². The van der Waals surface area contributed by atoms with Crippen molar-refractivity contribution in [3.63, 3.8) is 0 Å². The van der Waals surface area contributed by atoms with E-state index >= 15 is 0 Å². The monoisotopic (exact) mass is 310 g/mol. The van der Waals surface area contributed by atoms with Gasteiger partial charge >= 0.3 is 0 Å². The zero-order valence-electron chi connectivity index (χ0n) is 13.2. The molecule has 0 amide bonds. The Morgan fingerprint density at radius 1 is 1.33 bits per heavy atom. The summed E-state index contributed by atoms with van der Waals surface area (Å²) in [6.07, 6.45) is 0.379. The molecule has 1 aliphatic heterocycles. The first-order valence-electron chi connectivity index (χ1n) is 7.51. The van der Waals surface area contributed by atoms with Gasteiger partial charge in [0, 0.05) is 30.7 Å². The van der Waals surface area contributed by atoms with E-state index in [-0.39, 0.29) is 30.3 Å². The van der Waals surface area contributed by atoms with Crippen molar-refractivity contribution in [3.05, 3.63) is 29.8 Å². The predicted octanol–water partition coefficient (Wildman–Crippen LogP) is 2.72. The van der Waals surface area contributed by atoms with Gasteiger partial charge in [0.25, 0.3) is 0 Å². The van der Waals surface area contributed by atoms with Crippen LogP contribution in [0.5, 0.6) is 5.75 Å². The van der Waals surface area contributed by atoms with Gasteiger partial charge < -0.3 is 19.4 Å². The van der Waals surface area contributed by atoms with Crippen LogP contribution in [0.2, 0.25) is 18.6 Å². The molecule has 0 spiro atoms. The minimum atomic E-state index is -2.44. The van der Waals surface area contributed by atoms with E-state index in [1.165, 1.54) is 0 Å². The van der Waals surface area contributed by atoms with Crippen LogP contribution in [-0.4, -0.2) is 38.0 Å². The topological polar surface area (TPSA) is 58.9 Å². The van der Waals surface area contributed by atoms with Crippen LogP contribution >= 0.6 is 0 Å². The largest absolute Gasteiger partial charge is 0.490 e. The summed E-state index contributed by atoms with van der Waals surface area (Å²) >= 11 is 0. The van der Waals surface area contributed by atoms with E-state index in [0.29, 0.717) is 6.42 Å². The second-order valence-electron chi connectivity index (χ2n) is 6.41. The fraction of sp³-hybridized carbons (Fsp3) is 0.625. The second kappa shape index (κ2) is 6.48. The number of hydrogen-bond donors (Lipinski definition) is 2. The molecule has 5 heteroatoms. The number of rotatable bonds is 5. The van der Waals surface area contributed by atoms with E-state index in [4.69, 9.17) is 9.47 Å². The molecule has 1 aliphatic rings. The number of fused-ring (bicyclic) bond motifs is 1. The molecule has 21 heavy (non-hydrogen) atoms. The smallest absolute Gasteiger partial charge is 0.189 e. The summed E-state index contributed by atoms with van der Waals surface area (Å²) in [4.78, 5) is 10.6. The third-order valence-electron chi connectivity index (χ3n) is 4.48. The highest BCUT2D eigenvalue weighted by Crippen LogP contribution is 2.46. The Balaban J connectivity index is 2.37. The third kappa shape index (κ3) is 3.31. The van der Waals surface area contributed by atoms with E-state index in [2.05, 4.69) is 6.92 Å². The average molecular weight is 310 g/mol. The molecule has 0 aliphatic carbocycles. The number of aliphatic hydroxyl groups excluding tert-OH is 1. The molecule has 4 atom stereocenters. The molecule has 1 aromatic carbocycles. The molecule has 1 unspecified atom stereocenters. The van der Waals surface area contributed by atoms with Crippen molar-refractivity contribution in [3.8, 4) is 5.75 Å². The van der Waals surface area contributed by atoms with Crippen LogP contribution in [0.25, 0.3) is 0 Å². The van der Waals surface area contributed by atoms with Gasteiger partial charge in [-0.1, -0.05) is 25.1 Å². The van der Waals surface area contributed by atoms with Crippen LogP contribution in [0.3, 0.4) is 0 Å². The van der Waals surface area contributed by atoms with Crippen molar-refractivity contribution in [2.24, 2.45) is 5.92 Å². The second-order valence-corrected chi connectivity index (χ2v) is 10.5. The van der Waals surface area contributed by atoms with Crippen LogP contribution < -0.4 is 4.74 Å². The molecular formula is C16H26O4Si. The summed E-state index contributed by atoms with van der Waals surface area (Å²) < 4.78 is 11.9. The van der Waals surface area contributed by atoms with Gasteiger partial charge in [-0.05, 0) is 25.6 Å². The Morgan fingerprint density at radius 3 is 2.57 bits per heavy atom. The summed E-state index contributed by atoms with van der Waals surface area (Å²) in [5.74, 6) is 0.953. The number of para-hydroxylation sites is 1. The average Bonchev–Trinajstić information content (AvgIpc) is 2.43. The molecule has 0 saturated carbocycles. The van der Waals surface area contributed by atoms with Gasteiger partial charge in [0.2, 0.25) is 0 Å². The number of benzene rings is 1. The number of hydrogen-bond acceptors (Lipinski definition) is 4. The van der Waals surface area contributed by atoms with Gasteiger partial charge in [0.1, 0.15) is 11.9 Å². The maximum atomic E-state index is 10.6. The minimum absolute atomic E-state index is 0.0245. The maximum absolute atomic E-state index is 10.6. The Hall–Kier alpha value is -0.883. The standard InChI is InChI=1S/C16H26O4Si/c1-11-15(19-2)12-7-5-6-8-13(12)20-16(11)14(9-10-17)21(3,4)18/h5-8,11,14-18H,9-10H2,1-4H3/t11-,14?,15-,16-/m0/s1. The van der Waals surface area contributed by atoms with Crippen molar-refractivity contribution in [1.82, 2.24) is 0 Å². The van der Waals surface area contributed by atoms with Crippen molar-refractivity contribution in [2.45, 2.75) is 44.2 Å². The SMILES string of the molecule is CO[C@@H]1c2ccccc2O[C@H](C(CCO)[Si](C)(C)O)[C@H]1C. The van der Waals surface area contributed by atoms with Gasteiger partial charge in [0.15, 0.2) is 8.32 Å². The number of aliphatic hydroxyl groups is 1. The normalized spacial score (nSPS) is 26.9. The molecule has 0 radical (unpaired) electrons. The highest BCUT2D eigenvalue weighted by molar-refractivity contribution is 6.71. The van der Waals surface area contributed by atoms with Crippen LogP contribution in [0.4, 0.5) is 0 Å². The molecule has 0 saturated heterocycles. The van der Waals surface area contributed by atoms with Gasteiger partial charge in [-0.15, -0.1) is 0 Å². The number of methoxy groups -OCH3 is 1. The molecule has 0 aromatic heterocycles. The summed E-state index contributed by atoms with van der Waals surface area (Å²) in [7, 11) is -0.730. The molecule has 0 fully saturated rings. The quantitative estimate of drug-likeness (QED) is 0.821. The van der Waals surface area contributed by atoms with Crippen LogP contribution in [-0.2, 0) is 4.74 Å². The van der Waals surface area contributed by atoms with E-state index in [9.17, 15) is 9.90 Å². The van der Waals surface area contributed by atoms with Gasteiger partial charge in [-0.25, -0.2) is 0 Å². The highest BCUT2D eigenvalue weighted by atomic mass is 28.4. The summed E-state index contributed by atoms with van der Waals surface area (Å²) in [6.45, 7) is 5.98. The molecule has 2 rings (SSSR count). The maximum Gasteiger partial charge on any atom is 0.189 e. The minimum Gasteiger partial charge on any atom is -0.490 e. The van der Waals surface area contributed by atoms with E-state index in [0.717, 1.165) is 11.3 Å². The van der Waals surface area contributed by atoms with Crippen LogP contribution in [0.1, 0.15) is 25.0 Å². The molecule has 118 valence electrons. The van der Waals surface area contributed by atoms with Crippen LogP contribution in [0, 0.1) is 5.92 Å². The molecular weight excluding hydrogens is 284 g/mol. The third-order valence-corrected chi connectivity index (χ3v) is 6.91. The van der Waals surface area contributed by atoms with Crippen molar-refractivity contribution in [1.29, 1.82) is 0 Å². The van der Waals surface area contributed by atoms with E-state index in [1.54, 1.807) is 7.11 Å². The van der Waals surface area contributed by atoms with Crippen molar-refractivity contribution >= 4 is 8.32 Å². The Bertz CT molecular complexity index is 472. The van der Waals surface area contributed by atoms with E-state index < -0.39 is 8.32 Å². The van der Waals surface area contributed by atoms with Crippen molar-refractivity contribution in [2.75, 3.05) is 13.7 Å². The zero-order valence-corrected chi connectivity index (χ0v) is 14.2. The first-order chi connectivity index (χ1) is 9.90. The lowest BCUT2D eigenvalue weighted by molar-refractivity contribution is -0.0256. The Morgan fingerprint density at radius 2 is 2.00 bits per heavy atom. The van der Waals surface area contributed by atoms with E-state index in [1.807, 2.05) is 37.4 Å². The molecule has 2 N–H and O–H groups in total. The van der Waals surface area contributed by atoms with Gasteiger partial charge in [0.05, 0.1) is 6.10 Å². The van der Waals surface area contributed by atoms with Gasteiger partial charge in [-0.3, -0.25) is 0 Å². The summed E-state index contributed by atoms with van der Waals surface area (Å²) in [6, 6.07) is 7.90. The lowest BCUT2D eigenvalue weighted by atomic mass is 9.86. The summed E-state index contributed by atoms with van der Waals surface area (Å²) in [5, 5.41) is 9.36. The lowest BCUT2D eigenvalue weighted by Gasteiger charge is -2.43. The molecule has 1 aromatic rings. The predicted molar refractivity (Wildman–Crippen MR) is 84.9 cm³/mol. The fourth-order valence-electron chi connectivity index (χ4n) is 3.38. The molecule has 0 bridgehead atoms. The first-order valence-corrected chi connectivity index (χ1v) is 10.5. The number of ether oxygens (including phenoxy) is 2. The first kappa shape index (κ1) is 16.5. The Kier molecular flexibility index (Phi) is 5.09. The highest BCUT2D eigenvalue weighted by Gasteiger charge is 2.45. The molecule has 1 heterocycles. The Labute approximate surface area is 127 Å². The lowest BCUT2D eigenvalue weighted by Crippen LogP contribution is -2.48. The van der Waals surface area contributed by atoms with Crippen molar-refractivity contribution < 1.29 is 19.4 Å². The fourth-order valence-corrected chi connectivity index (χ4v) is 5.39. The summed E-state index contributed by atoms with van der Waals surface area (Å²) in [5.41, 5.74) is 1.03.